The van der Waals surface area contributed by atoms with Crippen molar-refractivity contribution in [1.82, 2.24) is 20.5 Å². The number of benzene rings is 1. The van der Waals surface area contributed by atoms with Crippen LogP contribution >= 0.6 is 10.2 Å². The zero-order valence-corrected chi connectivity index (χ0v) is 17.4. The number of carbonyl (C=O) groups is 1. The highest BCUT2D eigenvalue weighted by Gasteiger charge is 2.65. The summed E-state index contributed by atoms with van der Waals surface area (Å²) < 4.78 is 70.3. The topological polar surface area (TPSA) is 92.9 Å². The summed E-state index contributed by atoms with van der Waals surface area (Å²) >= 11 is 0. The number of piperidine rings is 1. The Morgan fingerprint density at radius 1 is 1.09 bits per heavy atom. The molecule has 0 spiro atoms. The highest BCUT2D eigenvalue weighted by molar-refractivity contribution is 8.45. The molecule has 7 nitrogen and oxygen atoms in total. The number of carbonyl (C=O) groups excluding carboxylic acids is 1. The number of hydrogen-bond donors (Lipinski definition) is 2. The first-order chi connectivity index (χ1) is 14.8. The summed E-state index contributed by atoms with van der Waals surface area (Å²) in [5.74, 6) is 0.0899. The van der Waals surface area contributed by atoms with Crippen molar-refractivity contribution in [3.8, 4) is 11.5 Å². The van der Waals surface area contributed by atoms with Crippen LogP contribution in [0, 0.1) is 0 Å². The number of nitrogens with zero attached hydrogens (tertiary/aromatic N) is 3. The van der Waals surface area contributed by atoms with Gasteiger partial charge in [-0.3, -0.25) is 4.79 Å². The van der Waals surface area contributed by atoms with Crippen molar-refractivity contribution in [3.05, 3.63) is 48.5 Å². The first-order valence-electron chi connectivity index (χ1n) is 9.45. The van der Waals surface area contributed by atoms with Gasteiger partial charge >= 0.3 is 10.2 Å². The van der Waals surface area contributed by atoms with E-state index in [0.717, 1.165) is 18.6 Å². The molecule has 4 rings (SSSR count). The molecule has 0 radical (unpaired) electrons. The Kier molecular flexibility index (Phi) is 4.56. The van der Waals surface area contributed by atoms with E-state index in [1.54, 1.807) is 19.1 Å². The first-order valence-corrected chi connectivity index (χ1v) is 11.4. The van der Waals surface area contributed by atoms with Crippen LogP contribution in [0.25, 0.3) is 11.5 Å². The summed E-state index contributed by atoms with van der Waals surface area (Å²) in [7, 11) is -9.76. The van der Waals surface area contributed by atoms with Gasteiger partial charge in [0, 0.05) is 18.4 Å². The van der Waals surface area contributed by atoms with Crippen molar-refractivity contribution in [3.63, 3.8) is 0 Å². The predicted molar refractivity (Wildman–Crippen MR) is 108 cm³/mol. The smallest absolute Gasteiger partial charge is 0.310 e. The summed E-state index contributed by atoms with van der Waals surface area (Å²) in [6.45, 7) is 2.26. The van der Waals surface area contributed by atoms with Gasteiger partial charge in [0.15, 0.2) is 0 Å². The lowest BCUT2D eigenvalue weighted by Gasteiger charge is -2.40. The third-order valence-electron chi connectivity index (χ3n) is 5.14. The normalized spacial score (nSPS) is 21.4. The summed E-state index contributed by atoms with van der Waals surface area (Å²) in [4.78, 5) is 14.5. The van der Waals surface area contributed by atoms with Gasteiger partial charge in [0.05, 0.1) is 5.56 Å². The van der Waals surface area contributed by atoms with Gasteiger partial charge in [-0.1, -0.05) is 19.4 Å². The van der Waals surface area contributed by atoms with Gasteiger partial charge < -0.3 is 15.1 Å². The Hall–Kier alpha value is -3.22. The molecule has 32 heavy (non-hydrogen) atoms. The molecule has 2 N–H and O–H groups in total. The van der Waals surface area contributed by atoms with Crippen LogP contribution in [-0.2, 0) is 10.2 Å². The first kappa shape index (κ1) is 22.0. The molecule has 2 aromatic heterocycles. The number of anilines is 2. The molecule has 0 bridgehead atoms. The van der Waals surface area contributed by atoms with E-state index in [-0.39, 0.29) is 29.2 Å². The van der Waals surface area contributed by atoms with Crippen LogP contribution in [0.2, 0.25) is 0 Å². The van der Waals surface area contributed by atoms with E-state index in [1.165, 1.54) is 6.20 Å². The molecule has 1 fully saturated rings. The predicted octanol–water partition coefficient (Wildman–Crippen LogP) is 5.70. The number of amides is 1. The largest absolute Gasteiger partial charge is 0.419 e. The van der Waals surface area contributed by atoms with E-state index in [4.69, 9.17) is 4.42 Å². The summed E-state index contributed by atoms with van der Waals surface area (Å²) in [6.07, 6.45) is 2.69. The lowest BCUT2D eigenvalue weighted by atomic mass is 9.82. The van der Waals surface area contributed by atoms with Crippen molar-refractivity contribution in [2.45, 2.75) is 30.1 Å². The maximum atomic E-state index is 12.9. The summed E-state index contributed by atoms with van der Waals surface area (Å²) in [6, 6.07) is 5.52. The molecule has 3 aromatic rings. The molecule has 1 aliphatic heterocycles. The lowest BCUT2D eigenvalue weighted by molar-refractivity contribution is -0.128. The van der Waals surface area contributed by atoms with Crippen LogP contribution in [0.3, 0.4) is 0 Å². The number of nitrogens with one attached hydrogen (secondary N) is 2. The Bertz CT molecular complexity index is 1180. The fourth-order valence-corrected chi connectivity index (χ4v) is 3.97. The second-order valence-electron chi connectivity index (χ2n) is 7.62. The minimum Gasteiger partial charge on any atom is -0.419 e. The van der Waals surface area contributed by atoms with E-state index in [1.807, 2.05) is 0 Å². The molecule has 0 unspecified atom stereocenters. The molecule has 172 valence electrons. The van der Waals surface area contributed by atoms with Gasteiger partial charge in [-0.2, -0.15) is 0 Å². The third-order valence-corrected chi connectivity index (χ3v) is 6.30. The van der Waals surface area contributed by atoms with Crippen LogP contribution in [0.1, 0.15) is 25.7 Å². The Morgan fingerprint density at radius 3 is 2.47 bits per heavy atom. The molecule has 1 aromatic carbocycles. The van der Waals surface area contributed by atoms with Gasteiger partial charge in [-0.05, 0) is 56.2 Å². The van der Waals surface area contributed by atoms with E-state index in [2.05, 4.69) is 25.8 Å². The average molecular weight is 475 g/mol. The van der Waals surface area contributed by atoms with Gasteiger partial charge in [0.2, 0.25) is 11.8 Å². The number of halogens is 5. The van der Waals surface area contributed by atoms with Crippen molar-refractivity contribution in [2.75, 3.05) is 11.9 Å². The molecule has 1 atom stereocenters. The highest BCUT2D eigenvalue weighted by atomic mass is 32.5. The molecular formula is C19H18F5N5O2S. The Labute approximate surface area is 179 Å². The van der Waals surface area contributed by atoms with E-state index >= 15 is 0 Å². The standard InChI is InChI=1S/C19H18F5N5O2S/c1-19(9-3-11-26-17(19)30)18-29-28-16(31-18)14-4-2-10-25-15(14)27-12-5-7-13(8-6-12)32(20,21,22,23)24/h2,4-8,10H,3,9,11H2,1H3,(H,25,27)(H,26,30)/t19-/m1/s1. The Morgan fingerprint density at radius 2 is 1.81 bits per heavy atom. The molecule has 0 aliphatic carbocycles. The number of rotatable bonds is 5. The van der Waals surface area contributed by atoms with Crippen LogP contribution in [0.4, 0.5) is 30.9 Å². The van der Waals surface area contributed by atoms with Crippen molar-refractivity contribution in [1.29, 1.82) is 0 Å². The van der Waals surface area contributed by atoms with Crippen LogP contribution in [-0.4, -0.2) is 27.6 Å². The SMILES string of the molecule is C[C@@]1(c2nnc(-c3cccnc3Nc3ccc(S(F)(F)(F)(F)F)cc3)o2)CCCNC1=O. The molecule has 1 saturated heterocycles. The molecule has 13 heteroatoms. The second kappa shape index (κ2) is 6.64. The van der Waals surface area contributed by atoms with Crippen molar-refractivity contribution < 1.29 is 28.6 Å². The Balaban J connectivity index is 1.63. The van der Waals surface area contributed by atoms with E-state index in [0.29, 0.717) is 30.7 Å². The molecule has 1 aliphatic rings. The fraction of sp³-hybridized carbons (Fsp3) is 0.263. The number of pyridine rings is 1. The molecule has 3 heterocycles. The molecule has 1 amide bonds. The zero-order chi connectivity index (χ0) is 23.3. The second-order valence-corrected chi connectivity index (χ2v) is 10.0. The van der Waals surface area contributed by atoms with E-state index in [9.17, 15) is 24.2 Å². The summed E-state index contributed by atoms with van der Waals surface area (Å²) in [5.41, 5.74) is -0.572. The maximum absolute atomic E-state index is 12.9. The monoisotopic (exact) mass is 475 g/mol. The summed E-state index contributed by atoms with van der Waals surface area (Å²) in [5, 5.41) is 13.5. The van der Waals surface area contributed by atoms with Crippen LogP contribution < -0.4 is 10.6 Å². The number of hydrogen-bond acceptors (Lipinski definition) is 6. The van der Waals surface area contributed by atoms with Crippen molar-refractivity contribution >= 4 is 27.6 Å². The quantitative estimate of drug-likeness (QED) is 0.460. The van der Waals surface area contributed by atoms with Gasteiger partial charge in [-0.15, -0.1) is 10.2 Å². The minimum atomic E-state index is -9.76. The number of aromatic nitrogens is 3. The van der Waals surface area contributed by atoms with Gasteiger partial charge in [0.25, 0.3) is 5.89 Å². The highest BCUT2D eigenvalue weighted by Crippen LogP contribution is 3.02. The zero-order valence-electron chi connectivity index (χ0n) is 16.6. The van der Waals surface area contributed by atoms with Crippen LogP contribution in [0.15, 0.2) is 51.9 Å². The fourth-order valence-electron chi connectivity index (χ4n) is 3.32. The minimum absolute atomic E-state index is 0.0406. The maximum Gasteiger partial charge on any atom is 0.310 e. The molecular weight excluding hydrogens is 457 g/mol. The van der Waals surface area contributed by atoms with Gasteiger partial charge in [0.1, 0.15) is 16.1 Å². The van der Waals surface area contributed by atoms with E-state index < -0.39 is 20.5 Å². The van der Waals surface area contributed by atoms with Gasteiger partial charge in [-0.25, -0.2) is 4.98 Å². The van der Waals surface area contributed by atoms with Crippen LogP contribution in [0.5, 0.6) is 0 Å². The lowest BCUT2D eigenvalue weighted by Crippen LogP contribution is -2.47. The molecule has 0 saturated carbocycles. The third kappa shape index (κ3) is 4.24. The van der Waals surface area contributed by atoms with Crippen molar-refractivity contribution in [2.24, 2.45) is 0 Å². The average Bonchev–Trinajstić information content (AvgIpc) is 3.20.